The Morgan fingerprint density at radius 2 is 1.79 bits per heavy atom. The van der Waals surface area contributed by atoms with Gasteiger partial charge in [-0.15, -0.1) is 11.6 Å². The number of benzene rings is 1. The zero-order valence-electron chi connectivity index (χ0n) is 12.1. The Hall–Kier alpha value is -1.28. The van der Waals surface area contributed by atoms with Crippen LogP contribution in [0.4, 0.5) is 5.82 Å². The molecule has 1 aromatic carbocycles. The van der Waals surface area contributed by atoms with Crippen LogP contribution in [-0.4, -0.2) is 18.6 Å². The van der Waals surface area contributed by atoms with E-state index in [0.717, 1.165) is 17.9 Å². The highest BCUT2D eigenvalue weighted by molar-refractivity contribution is 6.18. The molecule has 0 saturated heterocycles. The molecule has 0 radical (unpaired) electrons. The summed E-state index contributed by atoms with van der Waals surface area (Å²) in [6.45, 7) is 7.67. The van der Waals surface area contributed by atoms with Gasteiger partial charge in [0.25, 0.3) is 0 Å². The second-order valence-corrected chi connectivity index (χ2v) is 6.47. The first kappa shape index (κ1) is 14.1. The van der Waals surface area contributed by atoms with Crippen LogP contribution in [0, 0.1) is 5.41 Å². The summed E-state index contributed by atoms with van der Waals surface area (Å²) >= 11 is 5.99. The van der Waals surface area contributed by atoms with E-state index in [0.29, 0.717) is 5.88 Å². The van der Waals surface area contributed by atoms with Crippen LogP contribution in [0.3, 0.4) is 0 Å². The first-order chi connectivity index (χ1) is 8.92. The smallest absolute Gasteiger partial charge is 0.136 e. The molecule has 1 heterocycles. The molecule has 2 aromatic rings. The Bertz CT molecular complexity index is 572. The molecule has 0 atom stereocenters. The van der Waals surface area contributed by atoms with Crippen molar-refractivity contribution >= 4 is 28.2 Å². The van der Waals surface area contributed by atoms with E-state index in [4.69, 9.17) is 11.6 Å². The van der Waals surface area contributed by atoms with Crippen molar-refractivity contribution in [2.24, 2.45) is 5.41 Å². The van der Waals surface area contributed by atoms with Crippen LogP contribution >= 0.6 is 11.6 Å². The molecule has 0 aliphatic carbocycles. The number of hydrogen-bond acceptors (Lipinski definition) is 2. The third-order valence-corrected chi connectivity index (χ3v) is 3.36. The molecule has 19 heavy (non-hydrogen) atoms. The summed E-state index contributed by atoms with van der Waals surface area (Å²) in [7, 11) is 2.10. The molecule has 0 aliphatic rings. The van der Waals surface area contributed by atoms with Gasteiger partial charge in [-0.05, 0) is 16.4 Å². The third-order valence-electron chi connectivity index (χ3n) is 3.07. The van der Waals surface area contributed by atoms with E-state index in [-0.39, 0.29) is 5.41 Å². The molecule has 0 amide bonds. The second kappa shape index (κ2) is 5.38. The molecule has 0 saturated carbocycles. The van der Waals surface area contributed by atoms with Crippen LogP contribution in [0.5, 0.6) is 0 Å². The Morgan fingerprint density at radius 3 is 2.37 bits per heavy atom. The highest BCUT2D eigenvalue weighted by Gasteiger charge is 2.17. The predicted molar refractivity (Wildman–Crippen MR) is 84.0 cm³/mol. The number of nitrogens with zero attached hydrogens (tertiary/aromatic N) is 2. The van der Waals surface area contributed by atoms with Crippen molar-refractivity contribution in [3.8, 4) is 0 Å². The van der Waals surface area contributed by atoms with Gasteiger partial charge in [0.05, 0.1) is 0 Å². The normalized spacial score (nSPS) is 11.8. The van der Waals surface area contributed by atoms with Gasteiger partial charge in [0.2, 0.25) is 0 Å². The van der Waals surface area contributed by atoms with E-state index in [2.05, 4.69) is 55.9 Å². The third kappa shape index (κ3) is 3.19. The molecule has 2 nitrogen and oxygen atoms in total. The van der Waals surface area contributed by atoms with E-state index in [1.165, 1.54) is 10.8 Å². The maximum Gasteiger partial charge on any atom is 0.136 e. The molecular formula is C16H21ClN2. The molecule has 2 rings (SSSR count). The van der Waals surface area contributed by atoms with Gasteiger partial charge in [0.15, 0.2) is 0 Å². The van der Waals surface area contributed by atoms with E-state index in [9.17, 15) is 0 Å². The van der Waals surface area contributed by atoms with E-state index in [1.54, 1.807) is 0 Å². The highest BCUT2D eigenvalue weighted by atomic mass is 35.5. The largest absolute Gasteiger partial charge is 0.359 e. The lowest BCUT2D eigenvalue weighted by atomic mass is 9.96. The molecular weight excluding hydrogens is 256 g/mol. The SMILES string of the molecule is CN(CC(C)(C)C)c1ncc(CCl)c2ccccc12. The topological polar surface area (TPSA) is 16.1 Å². The van der Waals surface area contributed by atoms with Crippen molar-refractivity contribution in [3.63, 3.8) is 0 Å². The van der Waals surface area contributed by atoms with Crippen LogP contribution in [-0.2, 0) is 5.88 Å². The predicted octanol–water partition coefficient (Wildman–Crippen LogP) is 4.46. The fourth-order valence-electron chi connectivity index (χ4n) is 2.43. The zero-order valence-corrected chi connectivity index (χ0v) is 12.8. The van der Waals surface area contributed by atoms with Gasteiger partial charge in [-0.2, -0.15) is 0 Å². The number of pyridine rings is 1. The number of aromatic nitrogens is 1. The maximum atomic E-state index is 5.99. The summed E-state index contributed by atoms with van der Waals surface area (Å²) in [4.78, 5) is 6.83. The molecule has 1 aromatic heterocycles. The number of alkyl halides is 1. The summed E-state index contributed by atoms with van der Waals surface area (Å²) < 4.78 is 0. The first-order valence-corrected chi connectivity index (χ1v) is 7.09. The number of halogens is 1. The Morgan fingerprint density at radius 1 is 1.16 bits per heavy atom. The molecule has 0 N–H and O–H groups in total. The van der Waals surface area contributed by atoms with Crippen LogP contribution in [0.25, 0.3) is 10.8 Å². The average molecular weight is 277 g/mol. The molecule has 0 aliphatic heterocycles. The minimum absolute atomic E-state index is 0.239. The number of hydrogen-bond donors (Lipinski definition) is 0. The van der Waals surface area contributed by atoms with Crippen LogP contribution < -0.4 is 4.90 Å². The van der Waals surface area contributed by atoms with Gasteiger partial charge in [-0.1, -0.05) is 45.0 Å². The molecule has 0 fully saturated rings. The van der Waals surface area contributed by atoms with Gasteiger partial charge in [0.1, 0.15) is 5.82 Å². The van der Waals surface area contributed by atoms with E-state index >= 15 is 0 Å². The van der Waals surface area contributed by atoms with Crippen molar-refractivity contribution in [1.29, 1.82) is 0 Å². The van der Waals surface area contributed by atoms with Gasteiger partial charge in [-0.25, -0.2) is 4.98 Å². The van der Waals surface area contributed by atoms with Gasteiger partial charge in [0, 0.05) is 31.1 Å². The fourth-order valence-corrected chi connectivity index (χ4v) is 2.65. The van der Waals surface area contributed by atoms with Crippen molar-refractivity contribution in [3.05, 3.63) is 36.0 Å². The lowest BCUT2D eigenvalue weighted by Gasteiger charge is -2.28. The minimum Gasteiger partial charge on any atom is -0.359 e. The monoisotopic (exact) mass is 276 g/mol. The summed E-state index contributed by atoms with van der Waals surface area (Å²) in [6, 6.07) is 8.33. The minimum atomic E-state index is 0.239. The molecule has 0 bridgehead atoms. The van der Waals surface area contributed by atoms with Crippen molar-refractivity contribution in [1.82, 2.24) is 4.98 Å². The van der Waals surface area contributed by atoms with Crippen molar-refractivity contribution < 1.29 is 0 Å². The van der Waals surface area contributed by atoms with Crippen molar-refractivity contribution in [2.45, 2.75) is 26.7 Å². The highest BCUT2D eigenvalue weighted by Crippen LogP contribution is 2.29. The first-order valence-electron chi connectivity index (χ1n) is 6.56. The molecule has 3 heteroatoms. The molecule has 0 spiro atoms. The molecule has 102 valence electrons. The van der Waals surface area contributed by atoms with Crippen molar-refractivity contribution in [2.75, 3.05) is 18.5 Å². The van der Waals surface area contributed by atoms with Gasteiger partial charge < -0.3 is 4.90 Å². The number of rotatable bonds is 3. The van der Waals surface area contributed by atoms with Crippen LogP contribution in [0.2, 0.25) is 0 Å². The lowest BCUT2D eigenvalue weighted by Crippen LogP contribution is -2.29. The Kier molecular flexibility index (Phi) is 4.00. The summed E-state index contributed by atoms with van der Waals surface area (Å²) in [5.74, 6) is 1.52. The standard InChI is InChI=1S/C16H21ClN2/c1-16(2,3)11-19(4)15-14-8-6-5-7-13(14)12(9-17)10-18-15/h5-8,10H,9,11H2,1-4H3. The zero-order chi connectivity index (χ0) is 14.0. The Balaban J connectivity index is 2.50. The van der Waals surface area contributed by atoms with Crippen LogP contribution in [0.1, 0.15) is 26.3 Å². The average Bonchev–Trinajstić information content (AvgIpc) is 2.35. The summed E-state index contributed by atoms with van der Waals surface area (Å²) in [5.41, 5.74) is 1.33. The molecule has 0 unspecified atom stereocenters. The number of fused-ring (bicyclic) bond motifs is 1. The van der Waals surface area contributed by atoms with Gasteiger partial charge in [-0.3, -0.25) is 0 Å². The number of anilines is 1. The fraction of sp³-hybridized carbons (Fsp3) is 0.438. The quantitative estimate of drug-likeness (QED) is 0.770. The summed E-state index contributed by atoms with van der Waals surface area (Å²) in [6.07, 6.45) is 1.89. The van der Waals surface area contributed by atoms with E-state index in [1.807, 2.05) is 12.3 Å². The van der Waals surface area contributed by atoms with E-state index < -0.39 is 0 Å². The van der Waals surface area contributed by atoms with Crippen LogP contribution in [0.15, 0.2) is 30.5 Å². The van der Waals surface area contributed by atoms with Gasteiger partial charge >= 0.3 is 0 Å². The Labute approximate surface area is 120 Å². The maximum absolute atomic E-state index is 5.99. The second-order valence-electron chi connectivity index (χ2n) is 6.20. The lowest BCUT2D eigenvalue weighted by molar-refractivity contribution is 0.418. The summed E-state index contributed by atoms with van der Waals surface area (Å²) in [5, 5.41) is 2.37.